The van der Waals surface area contributed by atoms with E-state index in [1.54, 1.807) is 0 Å². The van der Waals surface area contributed by atoms with Crippen LogP contribution in [0.15, 0.2) is 54.6 Å². The van der Waals surface area contributed by atoms with Crippen molar-refractivity contribution in [3.05, 3.63) is 71.3 Å². The van der Waals surface area contributed by atoms with E-state index in [1.165, 1.54) is 0 Å². The standard InChI is InChI=1S/C18H20N2O2/c1-13-7-5-6-10-15(13)16(14-8-3-2-4-9-14)11-18(22)20-12-17(19)21/h2-10,16H,11-12H2,1H3,(H2,19,21)(H,20,22)/t16-/m1/s1. The first kappa shape index (κ1) is 15.8. The SMILES string of the molecule is Cc1ccccc1[C@H](CC(=O)NCC(N)=O)c1ccccc1. The normalized spacial score (nSPS) is 11.7. The maximum absolute atomic E-state index is 12.1. The van der Waals surface area contributed by atoms with Crippen LogP contribution in [-0.4, -0.2) is 18.4 Å². The van der Waals surface area contributed by atoms with E-state index in [0.717, 1.165) is 16.7 Å². The van der Waals surface area contributed by atoms with Gasteiger partial charge in [-0.15, -0.1) is 0 Å². The maximum atomic E-state index is 12.1. The molecule has 0 spiro atoms. The Morgan fingerprint density at radius 2 is 1.68 bits per heavy atom. The second-order valence-electron chi connectivity index (χ2n) is 5.27. The number of nitrogens with one attached hydrogen (secondary N) is 1. The second-order valence-corrected chi connectivity index (χ2v) is 5.27. The fourth-order valence-electron chi connectivity index (χ4n) is 2.51. The first-order valence-electron chi connectivity index (χ1n) is 7.23. The molecule has 0 saturated carbocycles. The summed E-state index contributed by atoms with van der Waals surface area (Å²) in [6.07, 6.45) is 0.280. The summed E-state index contributed by atoms with van der Waals surface area (Å²) in [5.41, 5.74) is 8.39. The average Bonchev–Trinajstić information content (AvgIpc) is 2.52. The van der Waals surface area contributed by atoms with Crippen molar-refractivity contribution < 1.29 is 9.59 Å². The van der Waals surface area contributed by atoms with Gasteiger partial charge in [-0.05, 0) is 23.6 Å². The molecule has 22 heavy (non-hydrogen) atoms. The van der Waals surface area contributed by atoms with Gasteiger partial charge in [0.2, 0.25) is 11.8 Å². The Morgan fingerprint density at radius 1 is 1.05 bits per heavy atom. The first-order chi connectivity index (χ1) is 10.6. The first-order valence-corrected chi connectivity index (χ1v) is 7.23. The van der Waals surface area contributed by atoms with Gasteiger partial charge in [0.1, 0.15) is 0 Å². The Hall–Kier alpha value is -2.62. The highest BCUT2D eigenvalue weighted by molar-refractivity contribution is 5.84. The Balaban J connectivity index is 2.25. The molecule has 0 radical (unpaired) electrons. The number of rotatable bonds is 6. The molecular weight excluding hydrogens is 276 g/mol. The van der Waals surface area contributed by atoms with E-state index >= 15 is 0 Å². The number of nitrogens with two attached hydrogens (primary N) is 1. The van der Waals surface area contributed by atoms with Crippen molar-refractivity contribution in [2.75, 3.05) is 6.54 Å². The minimum Gasteiger partial charge on any atom is -0.368 e. The lowest BCUT2D eigenvalue weighted by Crippen LogP contribution is -2.34. The topological polar surface area (TPSA) is 72.2 Å². The van der Waals surface area contributed by atoms with Crippen molar-refractivity contribution in [1.82, 2.24) is 5.32 Å². The van der Waals surface area contributed by atoms with E-state index in [-0.39, 0.29) is 24.8 Å². The zero-order valence-corrected chi connectivity index (χ0v) is 12.6. The molecule has 4 heteroatoms. The fraction of sp³-hybridized carbons (Fsp3) is 0.222. The van der Waals surface area contributed by atoms with Gasteiger partial charge in [0.05, 0.1) is 6.54 Å². The summed E-state index contributed by atoms with van der Waals surface area (Å²) in [5.74, 6) is -0.772. The van der Waals surface area contributed by atoms with Crippen molar-refractivity contribution in [3.8, 4) is 0 Å². The Bertz CT molecular complexity index is 653. The lowest BCUT2D eigenvalue weighted by molar-refractivity contribution is -0.124. The van der Waals surface area contributed by atoms with Crippen molar-refractivity contribution in [3.63, 3.8) is 0 Å². The molecule has 0 fully saturated rings. The van der Waals surface area contributed by atoms with Gasteiger partial charge in [0, 0.05) is 12.3 Å². The van der Waals surface area contributed by atoms with E-state index < -0.39 is 5.91 Å². The number of amides is 2. The Labute approximate surface area is 130 Å². The van der Waals surface area contributed by atoms with Gasteiger partial charge < -0.3 is 11.1 Å². The molecule has 0 aromatic heterocycles. The predicted octanol–water partition coefficient (Wildman–Crippen LogP) is 2.12. The minimum absolute atomic E-state index is 0.0460. The molecule has 114 valence electrons. The monoisotopic (exact) mass is 296 g/mol. The summed E-state index contributed by atoms with van der Waals surface area (Å²) < 4.78 is 0. The van der Waals surface area contributed by atoms with Crippen LogP contribution in [0, 0.1) is 6.92 Å². The molecule has 2 rings (SSSR count). The van der Waals surface area contributed by atoms with Crippen LogP contribution in [0.2, 0.25) is 0 Å². The Kier molecular flexibility index (Phi) is 5.31. The summed E-state index contributed by atoms with van der Waals surface area (Å²) in [6.45, 7) is 1.90. The summed E-state index contributed by atoms with van der Waals surface area (Å²) in [7, 11) is 0. The van der Waals surface area contributed by atoms with Crippen molar-refractivity contribution in [1.29, 1.82) is 0 Å². The third-order valence-corrected chi connectivity index (χ3v) is 3.62. The lowest BCUT2D eigenvalue weighted by atomic mass is 9.86. The van der Waals surface area contributed by atoms with Crippen LogP contribution in [0.4, 0.5) is 0 Å². The molecule has 0 unspecified atom stereocenters. The zero-order valence-electron chi connectivity index (χ0n) is 12.6. The summed E-state index contributed by atoms with van der Waals surface area (Å²) in [4.78, 5) is 22.9. The molecule has 2 aromatic rings. The number of carbonyl (C=O) groups excluding carboxylic acids is 2. The van der Waals surface area contributed by atoms with E-state index in [0.29, 0.717) is 0 Å². The van der Waals surface area contributed by atoms with Crippen LogP contribution in [0.3, 0.4) is 0 Å². The minimum atomic E-state index is -0.541. The number of carbonyl (C=O) groups is 2. The highest BCUT2D eigenvalue weighted by Gasteiger charge is 2.19. The zero-order chi connectivity index (χ0) is 15.9. The number of hydrogen-bond acceptors (Lipinski definition) is 2. The maximum Gasteiger partial charge on any atom is 0.236 e. The number of aryl methyl sites for hydroxylation is 1. The van der Waals surface area contributed by atoms with Gasteiger partial charge in [-0.3, -0.25) is 9.59 Å². The van der Waals surface area contributed by atoms with Crippen LogP contribution in [0.5, 0.6) is 0 Å². The second kappa shape index (κ2) is 7.41. The molecule has 2 amide bonds. The van der Waals surface area contributed by atoms with Crippen LogP contribution in [0.1, 0.15) is 29.0 Å². The molecular formula is C18H20N2O2. The molecule has 0 aliphatic rings. The lowest BCUT2D eigenvalue weighted by Gasteiger charge is -2.19. The quantitative estimate of drug-likeness (QED) is 0.857. The molecule has 0 aliphatic carbocycles. The third-order valence-electron chi connectivity index (χ3n) is 3.62. The molecule has 0 aliphatic heterocycles. The third kappa shape index (κ3) is 4.19. The van der Waals surface area contributed by atoms with Crippen LogP contribution in [-0.2, 0) is 9.59 Å². The molecule has 0 saturated heterocycles. The summed E-state index contributed by atoms with van der Waals surface area (Å²) in [5, 5.41) is 2.56. The van der Waals surface area contributed by atoms with Crippen molar-refractivity contribution >= 4 is 11.8 Å². The number of hydrogen-bond donors (Lipinski definition) is 2. The van der Waals surface area contributed by atoms with Gasteiger partial charge in [-0.1, -0.05) is 54.6 Å². The molecule has 1 atom stereocenters. The molecule has 3 N–H and O–H groups in total. The van der Waals surface area contributed by atoms with E-state index in [2.05, 4.69) is 5.32 Å². The van der Waals surface area contributed by atoms with E-state index in [4.69, 9.17) is 5.73 Å². The highest BCUT2D eigenvalue weighted by atomic mass is 16.2. The fourth-order valence-corrected chi connectivity index (χ4v) is 2.51. The van der Waals surface area contributed by atoms with Gasteiger partial charge in [0.15, 0.2) is 0 Å². The van der Waals surface area contributed by atoms with Crippen molar-refractivity contribution in [2.24, 2.45) is 5.73 Å². The summed E-state index contributed by atoms with van der Waals surface area (Å²) in [6, 6.07) is 17.9. The van der Waals surface area contributed by atoms with Gasteiger partial charge in [-0.25, -0.2) is 0 Å². The van der Waals surface area contributed by atoms with Crippen LogP contribution < -0.4 is 11.1 Å². The Morgan fingerprint density at radius 3 is 2.32 bits per heavy atom. The number of benzene rings is 2. The highest BCUT2D eigenvalue weighted by Crippen LogP contribution is 2.30. The smallest absolute Gasteiger partial charge is 0.236 e. The molecule has 4 nitrogen and oxygen atoms in total. The largest absolute Gasteiger partial charge is 0.368 e. The van der Waals surface area contributed by atoms with Gasteiger partial charge in [-0.2, -0.15) is 0 Å². The average molecular weight is 296 g/mol. The summed E-state index contributed by atoms with van der Waals surface area (Å²) >= 11 is 0. The van der Waals surface area contributed by atoms with E-state index in [1.807, 2.05) is 61.5 Å². The van der Waals surface area contributed by atoms with Gasteiger partial charge >= 0.3 is 0 Å². The van der Waals surface area contributed by atoms with Gasteiger partial charge in [0.25, 0.3) is 0 Å². The van der Waals surface area contributed by atoms with Crippen LogP contribution >= 0.6 is 0 Å². The molecule has 0 bridgehead atoms. The van der Waals surface area contributed by atoms with Crippen molar-refractivity contribution in [2.45, 2.75) is 19.3 Å². The predicted molar refractivity (Wildman–Crippen MR) is 86.3 cm³/mol. The van der Waals surface area contributed by atoms with Crippen LogP contribution in [0.25, 0.3) is 0 Å². The van der Waals surface area contributed by atoms with E-state index in [9.17, 15) is 9.59 Å². The number of primary amides is 1. The molecule has 2 aromatic carbocycles. The molecule has 0 heterocycles.